The highest BCUT2D eigenvalue weighted by Crippen LogP contribution is 2.16. The molecule has 0 spiro atoms. The van der Waals surface area contributed by atoms with Gasteiger partial charge in [-0.1, -0.05) is 23.8 Å². The molecule has 0 atom stereocenters. The largest absolute Gasteiger partial charge is 0.308 e. The second kappa shape index (κ2) is 5.48. The third-order valence-electron chi connectivity index (χ3n) is 3.02. The topological polar surface area (TPSA) is 12.0 Å². The van der Waals surface area contributed by atoms with Crippen LogP contribution in [0.5, 0.6) is 0 Å². The van der Waals surface area contributed by atoms with Gasteiger partial charge in [-0.25, -0.2) is 0 Å². The normalized spacial score (nSPS) is 10.8. The van der Waals surface area contributed by atoms with E-state index < -0.39 is 0 Å². The van der Waals surface area contributed by atoms with Gasteiger partial charge in [0.05, 0.1) is 0 Å². The standard InChI is InChI=1S/C15H19NS/c1-11-7-12(2)15(13(3)8-11)10-16-9-14-5-4-6-17-14/h4-8,16H,9-10H2,1-3H3. The van der Waals surface area contributed by atoms with Crippen LogP contribution in [-0.2, 0) is 13.1 Å². The van der Waals surface area contributed by atoms with Crippen LogP contribution in [-0.4, -0.2) is 0 Å². The predicted octanol–water partition coefficient (Wildman–Crippen LogP) is 3.96. The van der Waals surface area contributed by atoms with Crippen molar-refractivity contribution >= 4 is 11.3 Å². The van der Waals surface area contributed by atoms with E-state index in [-0.39, 0.29) is 0 Å². The van der Waals surface area contributed by atoms with Crippen molar-refractivity contribution < 1.29 is 0 Å². The smallest absolute Gasteiger partial charge is 0.0302 e. The minimum atomic E-state index is 0.954. The molecule has 0 saturated heterocycles. The molecule has 1 aromatic heterocycles. The maximum atomic E-state index is 3.52. The Morgan fingerprint density at radius 3 is 2.35 bits per heavy atom. The Hall–Kier alpha value is -1.12. The molecule has 1 aromatic carbocycles. The number of rotatable bonds is 4. The molecule has 0 aliphatic carbocycles. The Balaban J connectivity index is 1.99. The zero-order valence-corrected chi connectivity index (χ0v) is 11.5. The molecule has 0 bridgehead atoms. The first-order chi connectivity index (χ1) is 8.16. The number of hydrogen-bond donors (Lipinski definition) is 1. The van der Waals surface area contributed by atoms with Crippen molar-refractivity contribution in [2.45, 2.75) is 33.9 Å². The molecule has 2 heteroatoms. The summed E-state index contributed by atoms with van der Waals surface area (Å²) in [4.78, 5) is 1.40. The lowest BCUT2D eigenvalue weighted by atomic mass is 10.00. The lowest BCUT2D eigenvalue weighted by Gasteiger charge is -2.12. The zero-order chi connectivity index (χ0) is 12.3. The van der Waals surface area contributed by atoms with Crippen LogP contribution >= 0.6 is 11.3 Å². The Bertz CT molecular complexity index is 463. The maximum absolute atomic E-state index is 3.52. The van der Waals surface area contributed by atoms with Crippen molar-refractivity contribution in [3.05, 3.63) is 56.8 Å². The van der Waals surface area contributed by atoms with Gasteiger partial charge in [0.2, 0.25) is 0 Å². The third kappa shape index (κ3) is 3.18. The minimum absolute atomic E-state index is 0.954. The van der Waals surface area contributed by atoms with E-state index in [1.807, 2.05) is 0 Å². The zero-order valence-electron chi connectivity index (χ0n) is 10.7. The molecule has 0 fully saturated rings. The first-order valence-corrected chi connectivity index (χ1v) is 6.84. The molecule has 17 heavy (non-hydrogen) atoms. The van der Waals surface area contributed by atoms with E-state index in [1.54, 1.807) is 11.3 Å². The average Bonchev–Trinajstić information content (AvgIpc) is 2.74. The first kappa shape index (κ1) is 12.3. The number of aryl methyl sites for hydroxylation is 3. The molecular formula is C15H19NS. The molecule has 0 aliphatic heterocycles. The minimum Gasteiger partial charge on any atom is -0.308 e. The van der Waals surface area contributed by atoms with E-state index in [0.29, 0.717) is 0 Å². The number of nitrogens with one attached hydrogen (secondary N) is 1. The molecule has 0 saturated carbocycles. The summed E-state index contributed by atoms with van der Waals surface area (Å²) < 4.78 is 0. The van der Waals surface area contributed by atoms with Crippen molar-refractivity contribution in [2.75, 3.05) is 0 Å². The van der Waals surface area contributed by atoms with Gasteiger partial charge in [0, 0.05) is 18.0 Å². The molecular weight excluding hydrogens is 226 g/mol. The van der Waals surface area contributed by atoms with E-state index >= 15 is 0 Å². The summed E-state index contributed by atoms with van der Waals surface area (Å²) >= 11 is 1.81. The summed E-state index contributed by atoms with van der Waals surface area (Å²) in [6.07, 6.45) is 0. The van der Waals surface area contributed by atoms with Crippen LogP contribution < -0.4 is 5.32 Å². The summed E-state index contributed by atoms with van der Waals surface area (Å²) in [5.74, 6) is 0. The second-order valence-electron chi connectivity index (χ2n) is 4.56. The van der Waals surface area contributed by atoms with E-state index in [2.05, 4.69) is 55.7 Å². The van der Waals surface area contributed by atoms with Crippen molar-refractivity contribution in [3.63, 3.8) is 0 Å². The average molecular weight is 245 g/mol. The summed E-state index contributed by atoms with van der Waals surface area (Å²) in [5, 5.41) is 5.64. The van der Waals surface area contributed by atoms with Crippen molar-refractivity contribution in [2.24, 2.45) is 0 Å². The van der Waals surface area contributed by atoms with Crippen LogP contribution in [0.2, 0.25) is 0 Å². The molecule has 0 amide bonds. The Morgan fingerprint density at radius 2 is 1.76 bits per heavy atom. The van der Waals surface area contributed by atoms with Crippen molar-refractivity contribution in [1.29, 1.82) is 0 Å². The first-order valence-electron chi connectivity index (χ1n) is 5.96. The second-order valence-corrected chi connectivity index (χ2v) is 5.59. The van der Waals surface area contributed by atoms with Crippen LogP contribution in [0.15, 0.2) is 29.6 Å². The SMILES string of the molecule is Cc1cc(C)c(CNCc2cccs2)c(C)c1. The molecule has 90 valence electrons. The lowest BCUT2D eigenvalue weighted by molar-refractivity contribution is 0.695. The highest BCUT2D eigenvalue weighted by molar-refractivity contribution is 7.09. The van der Waals surface area contributed by atoms with E-state index in [0.717, 1.165) is 13.1 Å². The Labute approximate surface area is 108 Å². The summed E-state index contributed by atoms with van der Waals surface area (Å²) in [6, 6.07) is 8.79. The molecule has 2 aromatic rings. The van der Waals surface area contributed by atoms with E-state index in [9.17, 15) is 0 Å². The van der Waals surface area contributed by atoms with Crippen molar-refractivity contribution in [1.82, 2.24) is 5.32 Å². The maximum Gasteiger partial charge on any atom is 0.0302 e. The number of benzene rings is 1. The summed E-state index contributed by atoms with van der Waals surface area (Å²) in [7, 11) is 0. The third-order valence-corrected chi connectivity index (χ3v) is 3.90. The van der Waals surface area contributed by atoms with E-state index in [4.69, 9.17) is 0 Å². The van der Waals surface area contributed by atoms with Crippen LogP contribution in [0.1, 0.15) is 27.1 Å². The molecule has 1 N–H and O–H groups in total. The van der Waals surface area contributed by atoms with Gasteiger partial charge >= 0.3 is 0 Å². The molecule has 0 unspecified atom stereocenters. The van der Waals surface area contributed by atoms with Crippen LogP contribution in [0.3, 0.4) is 0 Å². The number of hydrogen-bond acceptors (Lipinski definition) is 2. The fraction of sp³-hybridized carbons (Fsp3) is 0.333. The van der Waals surface area contributed by atoms with Gasteiger partial charge in [-0.15, -0.1) is 11.3 Å². The Morgan fingerprint density at radius 1 is 1.06 bits per heavy atom. The molecule has 1 nitrogen and oxygen atoms in total. The van der Waals surface area contributed by atoms with Gasteiger partial charge in [0.25, 0.3) is 0 Å². The van der Waals surface area contributed by atoms with Crippen LogP contribution in [0, 0.1) is 20.8 Å². The van der Waals surface area contributed by atoms with Crippen LogP contribution in [0.25, 0.3) is 0 Å². The van der Waals surface area contributed by atoms with Gasteiger partial charge in [-0.05, 0) is 48.9 Å². The fourth-order valence-electron chi connectivity index (χ4n) is 2.21. The quantitative estimate of drug-likeness (QED) is 0.859. The van der Waals surface area contributed by atoms with Crippen molar-refractivity contribution in [3.8, 4) is 0 Å². The summed E-state index contributed by atoms with van der Waals surface area (Å²) in [6.45, 7) is 8.47. The monoisotopic (exact) mass is 245 g/mol. The van der Waals surface area contributed by atoms with Gasteiger partial charge in [0.1, 0.15) is 0 Å². The van der Waals surface area contributed by atoms with Crippen LogP contribution in [0.4, 0.5) is 0 Å². The molecule has 0 aliphatic rings. The predicted molar refractivity (Wildman–Crippen MR) is 75.5 cm³/mol. The van der Waals surface area contributed by atoms with Gasteiger partial charge in [-0.3, -0.25) is 0 Å². The highest BCUT2D eigenvalue weighted by Gasteiger charge is 2.03. The molecule has 2 rings (SSSR count). The Kier molecular flexibility index (Phi) is 3.97. The fourth-order valence-corrected chi connectivity index (χ4v) is 2.89. The highest BCUT2D eigenvalue weighted by atomic mass is 32.1. The van der Waals surface area contributed by atoms with Gasteiger partial charge in [-0.2, -0.15) is 0 Å². The lowest BCUT2D eigenvalue weighted by Crippen LogP contribution is -2.13. The molecule has 1 heterocycles. The molecule has 0 radical (unpaired) electrons. The van der Waals surface area contributed by atoms with Gasteiger partial charge < -0.3 is 5.32 Å². The van der Waals surface area contributed by atoms with Gasteiger partial charge in [0.15, 0.2) is 0 Å². The van der Waals surface area contributed by atoms with E-state index in [1.165, 1.54) is 27.1 Å². The summed E-state index contributed by atoms with van der Waals surface area (Å²) in [5.41, 5.74) is 5.57. The number of thiophene rings is 1.